The van der Waals surface area contributed by atoms with Crippen LogP contribution in [0.1, 0.15) is 39.8 Å². The predicted octanol–water partition coefficient (Wildman–Crippen LogP) is 3.10. The van der Waals surface area contributed by atoms with Crippen LogP contribution in [-0.4, -0.2) is 44.2 Å². The van der Waals surface area contributed by atoms with Gasteiger partial charge < -0.3 is 15.0 Å². The lowest BCUT2D eigenvalue weighted by molar-refractivity contribution is -0.125. The smallest absolute Gasteiger partial charge is 0.267 e. The predicted molar refractivity (Wildman–Crippen MR) is 120 cm³/mol. The molecule has 1 aromatic carbocycles. The van der Waals surface area contributed by atoms with Gasteiger partial charge in [0, 0.05) is 36.8 Å². The van der Waals surface area contributed by atoms with Crippen molar-refractivity contribution >= 4 is 23.3 Å². The summed E-state index contributed by atoms with van der Waals surface area (Å²) in [6.45, 7) is 8.06. The number of nitrogens with one attached hydrogen (secondary N) is 1. The molecule has 0 radical (unpaired) electrons. The lowest BCUT2D eigenvalue weighted by Crippen LogP contribution is -2.45. The third-order valence-electron chi connectivity index (χ3n) is 5.12. The first-order valence-corrected chi connectivity index (χ1v) is 10.5. The largest absolute Gasteiger partial charge is 0.479 e. The molecule has 0 aliphatic carbocycles. The van der Waals surface area contributed by atoms with Gasteiger partial charge >= 0.3 is 0 Å². The Morgan fingerprint density at radius 3 is 2.59 bits per heavy atom. The second-order valence-electron chi connectivity index (χ2n) is 8.64. The second-order valence-corrected chi connectivity index (χ2v) is 8.64. The van der Waals surface area contributed by atoms with Crippen molar-refractivity contribution in [2.75, 3.05) is 16.8 Å². The van der Waals surface area contributed by atoms with Crippen molar-refractivity contribution in [1.82, 2.24) is 19.7 Å². The maximum Gasteiger partial charge on any atom is 0.267 e. The van der Waals surface area contributed by atoms with E-state index in [4.69, 9.17) is 4.74 Å². The summed E-state index contributed by atoms with van der Waals surface area (Å²) in [6, 6.07) is 10.9. The molecular weight excluding hydrogens is 408 g/mol. The van der Waals surface area contributed by atoms with Gasteiger partial charge in [-0.25, -0.2) is 9.97 Å². The number of ether oxygens (including phenoxy) is 1. The maximum atomic E-state index is 12.8. The Morgan fingerprint density at radius 1 is 1.16 bits per heavy atom. The van der Waals surface area contributed by atoms with Gasteiger partial charge in [0.05, 0.1) is 11.4 Å². The van der Waals surface area contributed by atoms with Crippen LogP contribution >= 0.6 is 0 Å². The SMILES string of the molecule is CC1Oc2ccccc2N(CCC(=O)Nc2cc(C(C)(C)C)nn2-c2ncccn2)C1=O. The highest BCUT2D eigenvalue weighted by Crippen LogP contribution is 2.33. The Bertz CT molecular complexity index is 1140. The summed E-state index contributed by atoms with van der Waals surface area (Å²) in [6.07, 6.45) is 2.75. The van der Waals surface area contributed by atoms with E-state index in [-0.39, 0.29) is 30.2 Å². The third-order valence-corrected chi connectivity index (χ3v) is 5.12. The third kappa shape index (κ3) is 4.32. The summed E-state index contributed by atoms with van der Waals surface area (Å²) >= 11 is 0. The lowest BCUT2D eigenvalue weighted by Gasteiger charge is -2.32. The Hall–Kier alpha value is -3.75. The lowest BCUT2D eigenvalue weighted by atomic mass is 9.92. The highest BCUT2D eigenvalue weighted by atomic mass is 16.5. The summed E-state index contributed by atoms with van der Waals surface area (Å²) in [7, 11) is 0. The molecule has 2 aromatic heterocycles. The van der Waals surface area contributed by atoms with Gasteiger partial charge in [-0.05, 0) is 25.1 Å². The molecule has 1 aliphatic heterocycles. The standard InChI is InChI=1S/C23H26N6O3/c1-15-21(31)28(16-8-5-6-9-17(16)32-15)13-10-20(30)26-19-14-18(23(2,3)4)27-29(19)22-24-11-7-12-25-22/h5-9,11-12,14-15H,10,13H2,1-4H3,(H,26,30). The topological polar surface area (TPSA) is 102 Å². The molecule has 0 saturated carbocycles. The molecule has 3 aromatic rings. The molecule has 0 bridgehead atoms. The first-order chi connectivity index (χ1) is 15.2. The van der Waals surface area contributed by atoms with E-state index in [1.54, 1.807) is 30.3 Å². The van der Waals surface area contributed by atoms with E-state index in [1.165, 1.54) is 4.68 Å². The zero-order chi connectivity index (χ0) is 22.9. The molecule has 2 amide bonds. The average molecular weight is 435 g/mol. The van der Waals surface area contributed by atoms with Crippen molar-refractivity contribution in [2.24, 2.45) is 0 Å². The van der Waals surface area contributed by atoms with Crippen molar-refractivity contribution < 1.29 is 14.3 Å². The van der Waals surface area contributed by atoms with Gasteiger partial charge in [0.15, 0.2) is 6.10 Å². The van der Waals surface area contributed by atoms with E-state index in [0.29, 0.717) is 23.2 Å². The normalized spacial score (nSPS) is 15.8. The highest BCUT2D eigenvalue weighted by Gasteiger charge is 2.31. The van der Waals surface area contributed by atoms with Gasteiger partial charge in [0.25, 0.3) is 11.9 Å². The molecule has 0 spiro atoms. The number of nitrogens with zero attached hydrogens (tertiary/aromatic N) is 5. The zero-order valence-corrected chi connectivity index (χ0v) is 18.6. The number of fused-ring (bicyclic) bond motifs is 1. The maximum absolute atomic E-state index is 12.8. The number of hydrogen-bond acceptors (Lipinski definition) is 6. The summed E-state index contributed by atoms with van der Waals surface area (Å²) in [4.78, 5) is 35.6. The number of para-hydroxylation sites is 2. The van der Waals surface area contributed by atoms with Gasteiger partial charge in [-0.3, -0.25) is 9.59 Å². The van der Waals surface area contributed by atoms with Crippen LogP contribution in [0.2, 0.25) is 0 Å². The van der Waals surface area contributed by atoms with Crippen LogP contribution in [0.15, 0.2) is 48.8 Å². The number of anilines is 2. The van der Waals surface area contributed by atoms with E-state index in [1.807, 2.05) is 51.1 Å². The van der Waals surface area contributed by atoms with Crippen molar-refractivity contribution in [3.8, 4) is 11.7 Å². The molecule has 32 heavy (non-hydrogen) atoms. The van der Waals surface area contributed by atoms with Crippen molar-refractivity contribution in [3.63, 3.8) is 0 Å². The number of rotatable bonds is 5. The molecule has 1 N–H and O–H groups in total. The fourth-order valence-corrected chi connectivity index (χ4v) is 3.40. The summed E-state index contributed by atoms with van der Waals surface area (Å²) in [5.74, 6) is 1.06. The van der Waals surface area contributed by atoms with Gasteiger partial charge in [-0.1, -0.05) is 32.9 Å². The molecule has 9 nitrogen and oxygen atoms in total. The molecule has 0 fully saturated rings. The fourth-order valence-electron chi connectivity index (χ4n) is 3.40. The van der Waals surface area contributed by atoms with Crippen LogP contribution < -0.4 is 15.0 Å². The number of amides is 2. The quantitative estimate of drug-likeness (QED) is 0.662. The molecule has 0 saturated heterocycles. The number of carbonyl (C=O) groups excluding carboxylic acids is 2. The van der Waals surface area contributed by atoms with Gasteiger partial charge in [-0.2, -0.15) is 9.78 Å². The van der Waals surface area contributed by atoms with E-state index in [2.05, 4.69) is 20.4 Å². The summed E-state index contributed by atoms with van der Waals surface area (Å²) in [5.41, 5.74) is 1.24. The van der Waals surface area contributed by atoms with Crippen molar-refractivity contribution in [1.29, 1.82) is 0 Å². The Labute approximate surface area is 186 Å². The van der Waals surface area contributed by atoms with Crippen molar-refractivity contribution in [3.05, 3.63) is 54.5 Å². The average Bonchev–Trinajstić information content (AvgIpc) is 3.19. The minimum absolute atomic E-state index is 0.110. The van der Waals surface area contributed by atoms with Crippen LogP contribution in [0.25, 0.3) is 5.95 Å². The molecule has 1 aliphatic rings. The second kappa shape index (κ2) is 8.41. The van der Waals surface area contributed by atoms with Gasteiger partial charge in [0.1, 0.15) is 11.6 Å². The number of carbonyl (C=O) groups is 2. The minimum Gasteiger partial charge on any atom is -0.479 e. The summed E-state index contributed by atoms with van der Waals surface area (Å²) in [5, 5.41) is 7.51. The first-order valence-electron chi connectivity index (χ1n) is 10.5. The Morgan fingerprint density at radius 2 is 1.88 bits per heavy atom. The summed E-state index contributed by atoms with van der Waals surface area (Å²) < 4.78 is 7.18. The Balaban J connectivity index is 1.53. The van der Waals surface area contributed by atoms with Crippen LogP contribution in [0.4, 0.5) is 11.5 Å². The van der Waals surface area contributed by atoms with Crippen LogP contribution in [-0.2, 0) is 15.0 Å². The molecule has 166 valence electrons. The Kier molecular flexibility index (Phi) is 5.65. The van der Waals surface area contributed by atoms with Gasteiger partial charge in [0.2, 0.25) is 5.91 Å². The number of hydrogen-bond donors (Lipinski definition) is 1. The van der Waals surface area contributed by atoms with E-state index in [9.17, 15) is 9.59 Å². The van der Waals surface area contributed by atoms with E-state index >= 15 is 0 Å². The van der Waals surface area contributed by atoms with E-state index < -0.39 is 6.10 Å². The highest BCUT2D eigenvalue weighted by molar-refractivity contribution is 6.00. The van der Waals surface area contributed by atoms with Crippen LogP contribution in [0.5, 0.6) is 5.75 Å². The van der Waals surface area contributed by atoms with E-state index in [0.717, 1.165) is 5.69 Å². The van der Waals surface area contributed by atoms with Crippen LogP contribution in [0.3, 0.4) is 0 Å². The number of benzene rings is 1. The molecule has 9 heteroatoms. The van der Waals surface area contributed by atoms with Crippen molar-refractivity contribution in [2.45, 2.75) is 45.6 Å². The molecule has 3 heterocycles. The van der Waals surface area contributed by atoms with Gasteiger partial charge in [-0.15, -0.1) is 0 Å². The minimum atomic E-state index is -0.598. The molecule has 1 unspecified atom stereocenters. The fraction of sp³-hybridized carbons (Fsp3) is 0.348. The number of aromatic nitrogens is 4. The zero-order valence-electron chi connectivity index (χ0n) is 18.6. The monoisotopic (exact) mass is 434 g/mol. The van der Waals surface area contributed by atoms with Crippen LogP contribution in [0, 0.1) is 0 Å². The molecule has 4 rings (SSSR count). The first kappa shape index (κ1) is 21.5. The molecular formula is C23H26N6O3. The molecule has 1 atom stereocenters.